The second-order valence-corrected chi connectivity index (χ2v) is 2.85. The van der Waals surface area contributed by atoms with E-state index in [1.807, 2.05) is 0 Å². The highest BCUT2D eigenvalue weighted by Crippen LogP contribution is 2.03. The molecule has 0 aliphatic heterocycles. The molecule has 0 atom stereocenters. The Balaban J connectivity index is 3.05. The second kappa shape index (κ2) is 4.13. The lowest BCUT2D eigenvalue weighted by Crippen LogP contribution is -2.05. The maximum atomic E-state index is 11.1. The summed E-state index contributed by atoms with van der Waals surface area (Å²) in [4.78, 5) is 25.3. The minimum atomic E-state index is -1.06. The molecule has 68 valence electrons. The minimum Gasteiger partial charge on any atom is -0.478 e. The number of carbonyl (C=O) groups is 2. The molecule has 1 aromatic rings. The number of carbonyl (C=O) groups excluding carboxylic acids is 1. The first-order valence-electron chi connectivity index (χ1n) is 3.43. The average Bonchev–Trinajstić information content (AvgIpc) is 2.17. The van der Waals surface area contributed by atoms with Gasteiger partial charge in [0.1, 0.15) is 5.69 Å². The van der Waals surface area contributed by atoms with Crippen LogP contribution in [0.2, 0.25) is 0 Å². The van der Waals surface area contributed by atoms with Crippen LogP contribution in [0.4, 0.5) is 0 Å². The van der Waals surface area contributed by atoms with Crippen LogP contribution in [-0.2, 0) is 0 Å². The van der Waals surface area contributed by atoms with Crippen molar-refractivity contribution in [3.8, 4) is 0 Å². The molecule has 0 aliphatic rings. The molecule has 0 aliphatic carbocycles. The van der Waals surface area contributed by atoms with Crippen LogP contribution in [0.1, 0.15) is 20.8 Å². The molecule has 0 bridgehead atoms. The van der Waals surface area contributed by atoms with E-state index in [1.54, 1.807) is 0 Å². The molecule has 0 saturated heterocycles. The number of hydrogen-bond donors (Lipinski definition) is 1. The van der Waals surface area contributed by atoms with Crippen LogP contribution < -0.4 is 0 Å². The third kappa shape index (κ3) is 2.35. The number of rotatable bonds is 3. The topological polar surface area (TPSA) is 67.3 Å². The molecule has 1 heterocycles. The van der Waals surface area contributed by atoms with Gasteiger partial charge in [-0.05, 0) is 12.1 Å². The fraction of sp³-hybridized carbons (Fsp3) is 0.125. The Kier molecular flexibility index (Phi) is 3.13. The van der Waals surface area contributed by atoms with Crippen molar-refractivity contribution in [3.63, 3.8) is 0 Å². The van der Waals surface area contributed by atoms with Gasteiger partial charge in [0.2, 0.25) is 0 Å². The molecule has 1 N–H and O–H groups in total. The van der Waals surface area contributed by atoms with E-state index in [2.05, 4.69) is 20.9 Å². The number of Topliss-reactive ketones (excluding diaryl/α,β-unsaturated/α-hetero) is 1. The van der Waals surface area contributed by atoms with Crippen molar-refractivity contribution in [3.05, 3.63) is 29.6 Å². The van der Waals surface area contributed by atoms with Gasteiger partial charge in [-0.1, -0.05) is 15.9 Å². The Morgan fingerprint density at radius 1 is 1.54 bits per heavy atom. The van der Waals surface area contributed by atoms with Crippen molar-refractivity contribution in [2.45, 2.75) is 0 Å². The number of pyridine rings is 1. The molecule has 13 heavy (non-hydrogen) atoms. The van der Waals surface area contributed by atoms with Crippen LogP contribution >= 0.6 is 15.9 Å². The van der Waals surface area contributed by atoms with Gasteiger partial charge >= 0.3 is 5.97 Å². The average molecular weight is 244 g/mol. The Bertz CT molecular complexity index is 351. The quantitative estimate of drug-likeness (QED) is 0.643. The minimum absolute atomic E-state index is 0.0688. The van der Waals surface area contributed by atoms with E-state index in [0.29, 0.717) is 0 Å². The second-order valence-electron chi connectivity index (χ2n) is 2.29. The van der Waals surface area contributed by atoms with Crippen LogP contribution in [-0.4, -0.2) is 27.2 Å². The molecular weight excluding hydrogens is 238 g/mol. The number of halogens is 1. The van der Waals surface area contributed by atoms with Gasteiger partial charge in [-0.25, -0.2) is 4.79 Å². The molecule has 0 aromatic carbocycles. The van der Waals surface area contributed by atoms with Crippen LogP contribution in [0.25, 0.3) is 0 Å². The molecule has 0 unspecified atom stereocenters. The zero-order valence-electron chi connectivity index (χ0n) is 6.53. The summed E-state index contributed by atoms with van der Waals surface area (Å²) in [6.07, 6.45) is 1.30. The summed E-state index contributed by atoms with van der Waals surface area (Å²) in [6.45, 7) is 0. The van der Waals surface area contributed by atoms with Crippen LogP contribution in [0, 0.1) is 0 Å². The van der Waals surface area contributed by atoms with E-state index in [4.69, 9.17) is 5.11 Å². The number of nitrogens with zero attached hydrogens (tertiary/aromatic N) is 1. The van der Waals surface area contributed by atoms with Gasteiger partial charge in [0.05, 0.1) is 10.9 Å². The van der Waals surface area contributed by atoms with Gasteiger partial charge in [0.15, 0.2) is 5.78 Å². The maximum Gasteiger partial charge on any atom is 0.335 e. The molecular formula is C8H6BrNO3. The number of alkyl halides is 1. The molecule has 0 amide bonds. The first-order chi connectivity index (χ1) is 6.15. The van der Waals surface area contributed by atoms with Crippen LogP contribution in [0.3, 0.4) is 0 Å². The number of hydrogen-bond acceptors (Lipinski definition) is 3. The smallest absolute Gasteiger partial charge is 0.335 e. The predicted octanol–water partition coefficient (Wildman–Crippen LogP) is 1.36. The Morgan fingerprint density at radius 3 is 2.77 bits per heavy atom. The van der Waals surface area contributed by atoms with Crippen molar-refractivity contribution >= 4 is 27.7 Å². The molecule has 0 saturated carbocycles. The number of carboxylic acids is 1. The van der Waals surface area contributed by atoms with Crippen LogP contribution in [0.15, 0.2) is 18.3 Å². The van der Waals surface area contributed by atoms with Gasteiger partial charge < -0.3 is 5.11 Å². The summed E-state index contributed by atoms with van der Waals surface area (Å²) in [5, 5.41) is 8.75. The van der Waals surface area contributed by atoms with Gasteiger partial charge in [-0.15, -0.1) is 0 Å². The standard InChI is InChI=1S/C8H6BrNO3/c9-4-7(11)6-3-5(8(12)13)1-2-10-6/h1-3H,4H2,(H,12,13). The predicted molar refractivity (Wildman–Crippen MR) is 49.3 cm³/mol. The van der Waals surface area contributed by atoms with Crippen LogP contribution in [0.5, 0.6) is 0 Å². The van der Waals surface area contributed by atoms with Crippen molar-refractivity contribution in [1.29, 1.82) is 0 Å². The van der Waals surface area contributed by atoms with Gasteiger partial charge in [0.25, 0.3) is 0 Å². The van der Waals surface area contributed by atoms with Gasteiger partial charge in [-0.2, -0.15) is 0 Å². The normalized spacial score (nSPS) is 9.62. The van der Waals surface area contributed by atoms with E-state index in [9.17, 15) is 9.59 Å². The molecule has 0 radical (unpaired) electrons. The SMILES string of the molecule is O=C(O)c1ccnc(C(=O)CBr)c1. The first-order valence-corrected chi connectivity index (χ1v) is 4.56. The van der Waals surface area contributed by atoms with E-state index in [1.165, 1.54) is 18.3 Å². The highest BCUT2D eigenvalue weighted by molar-refractivity contribution is 9.09. The zero-order chi connectivity index (χ0) is 9.84. The highest BCUT2D eigenvalue weighted by Gasteiger charge is 2.09. The van der Waals surface area contributed by atoms with Crippen molar-refractivity contribution in [2.75, 3.05) is 5.33 Å². The molecule has 1 rings (SSSR count). The largest absolute Gasteiger partial charge is 0.478 e. The third-order valence-electron chi connectivity index (χ3n) is 1.41. The van der Waals surface area contributed by atoms with E-state index in [0.717, 1.165) is 0 Å². The Hall–Kier alpha value is -1.23. The summed E-state index contributed by atoms with van der Waals surface area (Å²) in [5.41, 5.74) is 0.232. The lowest BCUT2D eigenvalue weighted by Gasteiger charge is -1.97. The van der Waals surface area contributed by atoms with Crippen molar-refractivity contribution in [2.24, 2.45) is 0 Å². The number of ketones is 1. The van der Waals surface area contributed by atoms with E-state index in [-0.39, 0.29) is 22.4 Å². The maximum absolute atomic E-state index is 11.1. The summed E-state index contributed by atoms with van der Waals surface area (Å²) in [5.74, 6) is -1.30. The number of aromatic carboxylic acids is 1. The zero-order valence-corrected chi connectivity index (χ0v) is 8.11. The van der Waals surface area contributed by atoms with Crippen molar-refractivity contribution < 1.29 is 14.7 Å². The molecule has 5 heteroatoms. The van der Waals surface area contributed by atoms with Crippen molar-refractivity contribution in [1.82, 2.24) is 4.98 Å². The lowest BCUT2D eigenvalue weighted by molar-refractivity contribution is 0.0696. The molecule has 0 spiro atoms. The fourth-order valence-electron chi connectivity index (χ4n) is 0.785. The Morgan fingerprint density at radius 2 is 2.23 bits per heavy atom. The summed E-state index contributed by atoms with van der Waals surface area (Å²) in [6, 6.07) is 2.60. The number of aromatic nitrogens is 1. The van der Waals surface area contributed by atoms with E-state index < -0.39 is 5.97 Å². The highest BCUT2D eigenvalue weighted by atomic mass is 79.9. The monoisotopic (exact) mass is 243 g/mol. The fourth-order valence-corrected chi connectivity index (χ4v) is 1.07. The first kappa shape index (κ1) is 9.85. The molecule has 1 aromatic heterocycles. The lowest BCUT2D eigenvalue weighted by atomic mass is 10.2. The summed E-state index contributed by atoms with van der Waals surface area (Å²) < 4.78 is 0. The molecule has 4 nitrogen and oxygen atoms in total. The van der Waals surface area contributed by atoms with Gasteiger partial charge in [0, 0.05) is 6.20 Å². The number of carboxylic acid groups (broad SMARTS) is 1. The summed E-state index contributed by atoms with van der Waals surface area (Å²) >= 11 is 2.98. The van der Waals surface area contributed by atoms with Gasteiger partial charge in [-0.3, -0.25) is 9.78 Å². The third-order valence-corrected chi connectivity index (χ3v) is 1.92. The Labute approximate surface area is 82.7 Å². The van der Waals surface area contributed by atoms with E-state index >= 15 is 0 Å². The summed E-state index contributed by atoms with van der Waals surface area (Å²) in [7, 11) is 0. The molecule has 0 fully saturated rings.